The summed E-state index contributed by atoms with van der Waals surface area (Å²) in [7, 11) is 0. The molecular weight excluding hydrogens is 280 g/mol. The lowest BCUT2D eigenvalue weighted by molar-refractivity contribution is 0.000290. The van der Waals surface area contributed by atoms with Crippen molar-refractivity contribution in [2.24, 2.45) is 0 Å². The first kappa shape index (κ1) is 14.5. The van der Waals surface area contributed by atoms with Crippen LogP contribution >= 0.6 is 0 Å². The zero-order chi connectivity index (χ0) is 15.4. The molecule has 1 amide bonds. The van der Waals surface area contributed by atoms with E-state index in [0.717, 1.165) is 16.7 Å². The topological polar surface area (TPSA) is 62.7 Å². The van der Waals surface area contributed by atoms with Gasteiger partial charge in [0.25, 0.3) is 0 Å². The van der Waals surface area contributed by atoms with Gasteiger partial charge >= 0.3 is 6.09 Å². The van der Waals surface area contributed by atoms with E-state index in [1.54, 1.807) is 6.20 Å². The molecule has 0 bridgehead atoms. The summed E-state index contributed by atoms with van der Waals surface area (Å²) in [4.78, 5) is 16.9. The van der Waals surface area contributed by atoms with E-state index in [4.69, 9.17) is 4.74 Å². The molecule has 22 heavy (non-hydrogen) atoms. The molecule has 0 spiro atoms. The van der Waals surface area contributed by atoms with Gasteiger partial charge in [-0.3, -0.25) is 4.98 Å². The maximum atomic E-state index is 11.3. The Hall–Kier alpha value is -2.40. The number of hydrogen-bond acceptors (Lipinski definition) is 3. The van der Waals surface area contributed by atoms with E-state index < -0.39 is 6.09 Å². The van der Waals surface area contributed by atoms with Gasteiger partial charge in [0.2, 0.25) is 0 Å². The standard InChI is InChI=1S/C17H18N2O3/c20-17(21)19-7-8-22-12-16(19)10-13-3-1-4-14(9-13)15-5-2-6-18-11-15/h1-6,9,11,16H,7-8,10,12H2,(H,20,21)/t16-/m1/s1. The number of hydrogen-bond donors (Lipinski definition) is 1. The van der Waals surface area contributed by atoms with Crippen molar-refractivity contribution in [3.63, 3.8) is 0 Å². The lowest BCUT2D eigenvalue weighted by Gasteiger charge is -2.33. The lowest BCUT2D eigenvalue weighted by Crippen LogP contribution is -2.49. The van der Waals surface area contributed by atoms with Crippen molar-refractivity contribution >= 4 is 6.09 Å². The molecule has 1 atom stereocenters. The van der Waals surface area contributed by atoms with Crippen LogP contribution in [0.2, 0.25) is 0 Å². The summed E-state index contributed by atoms with van der Waals surface area (Å²) < 4.78 is 5.43. The Morgan fingerprint density at radius 2 is 2.18 bits per heavy atom. The van der Waals surface area contributed by atoms with Crippen LogP contribution in [0.25, 0.3) is 11.1 Å². The fourth-order valence-electron chi connectivity index (χ4n) is 2.76. The molecule has 0 saturated carbocycles. The lowest BCUT2D eigenvalue weighted by atomic mass is 9.99. The highest BCUT2D eigenvalue weighted by atomic mass is 16.5. The Balaban J connectivity index is 1.79. The number of rotatable bonds is 3. The van der Waals surface area contributed by atoms with Gasteiger partial charge in [-0.2, -0.15) is 0 Å². The molecule has 1 aliphatic rings. The van der Waals surface area contributed by atoms with E-state index in [1.165, 1.54) is 4.90 Å². The summed E-state index contributed by atoms with van der Waals surface area (Å²) in [5, 5.41) is 9.28. The van der Waals surface area contributed by atoms with Crippen LogP contribution in [0.15, 0.2) is 48.8 Å². The van der Waals surface area contributed by atoms with Gasteiger partial charge in [0.15, 0.2) is 0 Å². The molecule has 0 aliphatic carbocycles. The maximum absolute atomic E-state index is 11.3. The number of carbonyl (C=O) groups is 1. The Kier molecular flexibility index (Phi) is 4.34. The first-order valence-electron chi connectivity index (χ1n) is 7.30. The summed E-state index contributed by atoms with van der Waals surface area (Å²) >= 11 is 0. The van der Waals surface area contributed by atoms with Gasteiger partial charge in [-0.05, 0) is 29.2 Å². The minimum atomic E-state index is -0.878. The number of morpholine rings is 1. The Labute approximate surface area is 129 Å². The second-order valence-electron chi connectivity index (χ2n) is 5.35. The van der Waals surface area contributed by atoms with E-state index in [2.05, 4.69) is 11.1 Å². The molecule has 5 nitrogen and oxygen atoms in total. The number of aromatic nitrogens is 1. The summed E-state index contributed by atoms with van der Waals surface area (Å²) in [6.45, 7) is 1.35. The number of benzene rings is 1. The van der Waals surface area contributed by atoms with Gasteiger partial charge in [0.05, 0.1) is 19.3 Å². The molecule has 3 rings (SSSR count). The van der Waals surface area contributed by atoms with E-state index >= 15 is 0 Å². The first-order valence-corrected chi connectivity index (χ1v) is 7.30. The molecule has 2 heterocycles. The van der Waals surface area contributed by atoms with Gasteiger partial charge in [0.1, 0.15) is 0 Å². The van der Waals surface area contributed by atoms with Crippen LogP contribution < -0.4 is 0 Å². The van der Waals surface area contributed by atoms with Crippen molar-refractivity contribution in [3.05, 3.63) is 54.4 Å². The maximum Gasteiger partial charge on any atom is 0.407 e. The normalized spacial score (nSPS) is 18.2. The SMILES string of the molecule is O=C(O)N1CCOC[C@H]1Cc1cccc(-c2cccnc2)c1. The van der Waals surface area contributed by atoms with Crippen LogP contribution in [-0.2, 0) is 11.2 Å². The number of nitrogens with zero attached hydrogens (tertiary/aromatic N) is 2. The molecule has 1 aliphatic heterocycles. The van der Waals surface area contributed by atoms with Crippen LogP contribution in [0.5, 0.6) is 0 Å². The summed E-state index contributed by atoms with van der Waals surface area (Å²) in [6, 6.07) is 11.9. The number of carboxylic acid groups (broad SMARTS) is 1. The van der Waals surface area contributed by atoms with Gasteiger partial charge in [-0.15, -0.1) is 0 Å². The van der Waals surface area contributed by atoms with Crippen molar-refractivity contribution < 1.29 is 14.6 Å². The summed E-state index contributed by atoms with van der Waals surface area (Å²) in [6.07, 6.45) is 3.35. The van der Waals surface area contributed by atoms with Crippen LogP contribution in [0, 0.1) is 0 Å². The van der Waals surface area contributed by atoms with E-state index in [-0.39, 0.29) is 6.04 Å². The molecule has 0 radical (unpaired) electrons. The van der Waals surface area contributed by atoms with Crippen molar-refractivity contribution in [3.8, 4) is 11.1 Å². The Morgan fingerprint density at radius 3 is 2.95 bits per heavy atom. The molecule has 1 N–H and O–H groups in total. The second-order valence-corrected chi connectivity index (χ2v) is 5.35. The molecule has 114 valence electrons. The zero-order valence-electron chi connectivity index (χ0n) is 12.2. The highest BCUT2D eigenvalue weighted by Gasteiger charge is 2.27. The highest BCUT2D eigenvalue weighted by Crippen LogP contribution is 2.21. The molecule has 0 unspecified atom stereocenters. The van der Waals surface area contributed by atoms with Crippen LogP contribution in [0.4, 0.5) is 4.79 Å². The fraction of sp³-hybridized carbons (Fsp3) is 0.294. The monoisotopic (exact) mass is 298 g/mol. The average molecular weight is 298 g/mol. The second kappa shape index (κ2) is 6.58. The van der Waals surface area contributed by atoms with Crippen LogP contribution in [0.3, 0.4) is 0 Å². The largest absolute Gasteiger partial charge is 0.465 e. The minimum Gasteiger partial charge on any atom is -0.465 e. The molecule has 1 aromatic carbocycles. The number of ether oxygens (including phenoxy) is 1. The van der Waals surface area contributed by atoms with Crippen LogP contribution in [0.1, 0.15) is 5.56 Å². The smallest absolute Gasteiger partial charge is 0.407 e. The van der Waals surface area contributed by atoms with Gasteiger partial charge < -0.3 is 14.7 Å². The molecular formula is C17H18N2O3. The third-order valence-electron chi connectivity index (χ3n) is 3.87. The predicted molar refractivity (Wildman–Crippen MR) is 82.7 cm³/mol. The number of pyridine rings is 1. The first-order chi connectivity index (χ1) is 10.7. The molecule has 1 saturated heterocycles. The minimum absolute atomic E-state index is 0.129. The summed E-state index contributed by atoms with van der Waals surface area (Å²) in [5.41, 5.74) is 3.24. The van der Waals surface area contributed by atoms with Crippen molar-refractivity contribution in [1.29, 1.82) is 0 Å². The Morgan fingerprint density at radius 1 is 1.32 bits per heavy atom. The highest BCUT2D eigenvalue weighted by molar-refractivity contribution is 5.66. The van der Waals surface area contributed by atoms with Crippen molar-refractivity contribution in [2.45, 2.75) is 12.5 Å². The van der Waals surface area contributed by atoms with Crippen molar-refractivity contribution in [1.82, 2.24) is 9.88 Å². The van der Waals surface area contributed by atoms with E-state index in [0.29, 0.717) is 26.2 Å². The Bertz CT molecular complexity index is 645. The average Bonchev–Trinajstić information content (AvgIpc) is 2.56. The molecule has 2 aromatic rings. The summed E-state index contributed by atoms with van der Waals surface area (Å²) in [5.74, 6) is 0. The molecule has 5 heteroatoms. The molecule has 1 fully saturated rings. The van der Waals surface area contributed by atoms with E-state index in [1.807, 2.05) is 36.5 Å². The van der Waals surface area contributed by atoms with Gasteiger partial charge in [0, 0.05) is 18.9 Å². The quantitative estimate of drug-likeness (QED) is 0.946. The fourth-order valence-corrected chi connectivity index (χ4v) is 2.76. The number of amides is 1. The third kappa shape index (κ3) is 3.26. The molecule has 1 aromatic heterocycles. The predicted octanol–water partition coefficient (Wildman–Crippen LogP) is 2.67. The zero-order valence-corrected chi connectivity index (χ0v) is 12.2. The third-order valence-corrected chi connectivity index (χ3v) is 3.87. The van der Waals surface area contributed by atoms with Gasteiger partial charge in [-0.1, -0.05) is 30.3 Å². The van der Waals surface area contributed by atoms with Crippen molar-refractivity contribution in [2.75, 3.05) is 19.8 Å². The van der Waals surface area contributed by atoms with Gasteiger partial charge in [-0.25, -0.2) is 4.79 Å². The van der Waals surface area contributed by atoms with Crippen LogP contribution in [-0.4, -0.2) is 46.9 Å². The van der Waals surface area contributed by atoms with E-state index in [9.17, 15) is 9.90 Å².